The number of hydrogen-bond donors (Lipinski definition) is 0. The van der Waals surface area contributed by atoms with Crippen LogP contribution in [0.4, 0.5) is 0 Å². The first-order valence-electron chi connectivity index (χ1n) is 2.40. The monoisotopic (exact) mass is 362 g/mol. The Hall–Kier alpha value is -1.27. The zero-order valence-electron chi connectivity index (χ0n) is 5.81. The van der Waals surface area contributed by atoms with Crippen LogP contribution in [0.15, 0.2) is 0 Å². The maximum atomic E-state index is 5.37. The van der Waals surface area contributed by atoms with Crippen LogP contribution in [0.2, 0.25) is 0 Å². The Morgan fingerprint density at radius 2 is 1.88 bits per heavy atom. The molecule has 41 valence electrons. The van der Waals surface area contributed by atoms with E-state index in [0.29, 0.717) is 5.92 Å². The minimum Gasteiger partial charge on any atom is 0 e. The molecule has 0 N–H and O–H groups in total. The Morgan fingerprint density at radius 3 is 1.88 bits per heavy atom. The number of nitrogens with zero attached hydrogens (tertiary/aromatic N) is 1. The zero-order chi connectivity index (χ0) is 5.86. The van der Waals surface area contributed by atoms with Crippen LogP contribution in [0.1, 0.15) is 13.8 Å². The van der Waals surface area contributed by atoms with E-state index < -0.39 is 0 Å². The Bertz CT molecular complexity index is 72.8. The van der Waals surface area contributed by atoms with Gasteiger partial charge in [-0.25, -0.2) is 0 Å². The third-order valence-electron chi connectivity index (χ3n) is 0.850. The van der Waals surface area contributed by atoms with Crippen molar-refractivity contribution < 1.29 is 0 Å². The largest absolute Gasteiger partial charge is 0 e. The molecule has 0 aliphatic heterocycles. The quantitative estimate of drug-likeness (QED) is 0.650. The molecule has 0 aromatic rings. The molecule has 0 aromatic heterocycles. The van der Waals surface area contributed by atoms with Crippen molar-refractivity contribution in [3.63, 3.8) is 0 Å². The van der Waals surface area contributed by atoms with Crippen molar-refractivity contribution in [2.75, 3.05) is 7.05 Å². The van der Waals surface area contributed by atoms with Crippen molar-refractivity contribution in [1.82, 2.24) is 0 Å². The second-order valence-electron chi connectivity index (χ2n) is 1.80. The molecule has 0 aromatic carbocycles. The van der Waals surface area contributed by atoms with Gasteiger partial charge in [0.25, 0.3) is 0 Å². The average molecular weight is 362 g/mol. The van der Waals surface area contributed by atoms with Crippen molar-refractivity contribution in [2.24, 2.45) is 5.92 Å². The molecule has 0 bridgehead atoms. The second kappa shape index (κ2) is 3.91. The standard InChI is InChI=1S/C5H10BN.Rf/c1-4(2)5(6)7-3;/h4H,1-3H3;/q-1;. The molecule has 0 aliphatic rings. The van der Waals surface area contributed by atoms with Crippen molar-refractivity contribution in [1.29, 1.82) is 0 Å². The van der Waals surface area contributed by atoms with Gasteiger partial charge in [0, 0.05) is 0 Å². The van der Waals surface area contributed by atoms with E-state index >= 15 is 0 Å². The fourth-order valence-corrected chi connectivity index (χ4v) is 0.258. The number of rotatable bonds is 2. The molecule has 1 nitrogen and oxygen atoms in total. The molecular weight excluding hydrogens is 352 g/mol. The predicted molar refractivity (Wildman–Crippen MR) is 34.9 cm³/mol. The van der Waals surface area contributed by atoms with E-state index in [1.165, 1.54) is 0 Å². The van der Waals surface area contributed by atoms with Gasteiger partial charge in [-0.15, -0.1) is 0 Å². The zero-order valence-corrected chi connectivity index (χ0v) is 12.2. The van der Waals surface area contributed by atoms with Crippen molar-refractivity contribution in [3.8, 4) is 0 Å². The average Bonchev–Trinajstić information content (AvgIpc) is 1.65. The van der Waals surface area contributed by atoms with E-state index in [2.05, 4.69) is 5.32 Å². The Kier molecular flexibility index (Phi) is 4.83. The Morgan fingerprint density at radius 1 is 1.50 bits per heavy atom. The minimum absolute atomic E-state index is 0. The summed E-state index contributed by atoms with van der Waals surface area (Å²) in [6, 6.07) is 0. The molecule has 0 unspecified atom stereocenters. The first-order valence-corrected chi connectivity index (χ1v) is 2.40. The van der Waals surface area contributed by atoms with Crippen LogP contribution in [-0.2, 0) is 0 Å². The molecule has 0 fully saturated rings. The second-order valence-corrected chi connectivity index (χ2v) is 1.80. The van der Waals surface area contributed by atoms with E-state index in [1.807, 2.05) is 13.8 Å². The summed E-state index contributed by atoms with van der Waals surface area (Å²) in [5, 5.41) is 3.78. The molecule has 0 rings (SSSR count). The molecule has 0 spiro atoms. The van der Waals surface area contributed by atoms with E-state index in [0.717, 1.165) is 5.59 Å². The van der Waals surface area contributed by atoms with Crippen LogP contribution < -0.4 is 0 Å². The Balaban J connectivity index is 0. The number of hydrogen-bond acceptors (Lipinski definition) is 0. The van der Waals surface area contributed by atoms with Crippen LogP contribution in [0.25, 0.3) is 5.32 Å². The molecule has 8 heavy (non-hydrogen) atoms. The van der Waals surface area contributed by atoms with Gasteiger partial charge in [0.05, 0.1) is 0 Å². The van der Waals surface area contributed by atoms with Gasteiger partial charge in [0.15, 0.2) is 0 Å². The third kappa shape index (κ3) is 2.95. The maximum Gasteiger partial charge on any atom is 0 e. The molecule has 0 saturated heterocycles. The summed E-state index contributed by atoms with van der Waals surface area (Å²) in [4.78, 5) is 0. The van der Waals surface area contributed by atoms with Crippen LogP contribution >= 0.6 is 0 Å². The topological polar surface area (TPSA) is 14.1 Å². The molecule has 0 atom stereocenters. The summed E-state index contributed by atoms with van der Waals surface area (Å²) < 4.78 is 0. The van der Waals surface area contributed by atoms with Crippen molar-refractivity contribution in [3.05, 3.63) is 5.32 Å². The van der Waals surface area contributed by atoms with Crippen molar-refractivity contribution >= 4 is 13.1 Å². The first-order chi connectivity index (χ1) is 3.18. The van der Waals surface area contributed by atoms with Gasteiger partial charge >= 0.3 is 45.2 Å². The SMILES string of the molecule is [B]=C([N-]C)C(C)C.[Rf]. The van der Waals surface area contributed by atoms with Crippen molar-refractivity contribution in [2.45, 2.75) is 13.8 Å². The predicted octanol–water partition coefficient (Wildman–Crippen LogP) is 0.944. The summed E-state index contributed by atoms with van der Waals surface area (Å²) in [7, 11) is 7.07. The summed E-state index contributed by atoms with van der Waals surface area (Å²) in [6.07, 6.45) is 0. The molecule has 0 amide bonds. The normalized spacial score (nSPS) is 7.88. The van der Waals surface area contributed by atoms with Gasteiger partial charge in [0.1, 0.15) is 0 Å². The van der Waals surface area contributed by atoms with Gasteiger partial charge in [-0.2, -0.15) is 0 Å². The van der Waals surface area contributed by atoms with Crippen LogP contribution in [0.5, 0.6) is 0 Å². The summed E-state index contributed by atoms with van der Waals surface area (Å²) >= 11 is 0. The third-order valence-corrected chi connectivity index (χ3v) is 0.850. The van der Waals surface area contributed by atoms with E-state index in [4.69, 9.17) is 7.49 Å². The van der Waals surface area contributed by atoms with Crippen LogP contribution in [0, 0.1) is 5.92 Å². The molecule has 0 aliphatic carbocycles. The molecule has 3 heteroatoms. The maximum absolute atomic E-state index is 5.37. The molecular formula is C5H10BNRf-. The van der Waals surface area contributed by atoms with Gasteiger partial charge in [-0.1, -0.05) is 0 Å². The van der Waals surface area contributed by atoms with Gasteiger partial charge < -0.3 is 0 Å². The van der Waals surface area contributed by atoms with E-state index in [9.17, 15) is 0 Å². The molecule has 0 heterocycles. The van der Waals surface area contributed by atoms with Gasteiger partial charge in [0.2, 0.25) is 0 Å². The smallest absolute Gasteiger partial charge is 0 e. The molecule has 0 saturated carbocycles. The van der Waals surface area contributed by atoms with Gasteiger partial charge in [-0.05, 0) is 0 Å². The van der Waals surface area contributed by atoms with Crippen LogP contribution in [0.3, 0.4) is 0 Å². The summed E-state index contributed by atoms with van der Waals surface area (Å²) in [6.45, 7) is 4.03. The fraction of sp³-hybridized carbons (Fsp3) is 0.800. The fourth-order valence-electron chi connectivity index (χ4n) is 0.258. The van der Waals surface area contributed by atoms with E-state index in [1.54, 1.807) is 7.05 Å². The van der Waals surface area contributed by atoms with Gasteiger partial charge in [-0.3, -0.25) is 0 Å². The summed E-state index contributed by atoms with van der Waals surface area (Å²) in [5.41, 5.74) is 0.722. The minimum atomic E-state index is 0. The first kappa shape index (κ1) is 9.88. The van der Waals surface area contributed by atoms with E-state index in [-0.39, 0.29) is 0 Å². The van der Waals surface area contributed by atoms with Crippen LogP contribution in [-0.4, -0.2) is 20.1 Å². The summed E-state index contributed by atoms with van der Waals surface area (Å²) in [5.74, 6) is 0.394. The Labute approximate surface area is 46.2 Å². The molecule has 1 radical (unpaired) electrons.